The first-order valence-electron chi connectivity index (χ1n) is 4.91. The fourth-order valence-corrected chi connectivity index (χ4v) is 1.38. The van der Waals surface area contributed by atoms with E-state index in [1.54, 1.807) is 13.1 Å². The predicted octanol–water partition coefficient (Wildman–Crippen LogP) is 2.74. The number of hydrogen-bond donors (Lipinski definition) is 0. The molecule has 0 unspecified atom stereocenters. The van der Waals surface area contributed by atoms with E-state index in [-0.39, 0.29) is 18.4 Å². The Morgan fingerprint density at radius 2 is 2.31 bits per heavy atom. The van der Waals surface area contributed by atoms with Crippen molar-refractivity contribution in [3.05, 3.63) is 29.6 Å². The first-order chi connectivity index (χ1) is 7.26. The number of carbonyl (C=O) groups excluding carboxylic acids is 1. The van der Waals surface area contributed by atoms with E-state index in [1.165, 1.54) is 0 Å². The van der Waals surface area contributed by atoms with Crippen molar-refractivity contribution in [3.63, 3.8) is 0 Å². The van der Waals surface area contributed by atoms with Crippen LogP contribution in [0.3, 0.4) is 0 Å². The summed E-state index contributed by atoms with van der Waals surface area (Å²) < 4.78 is 4.83. The zero-order valence-electron chi connectivity index (χ0n) is 9.11. The van der Waals surface area contributed by atoms with Crippen molar-refractivity contribution in [2.75, 3.05) is 6.61 Å². The topological polar surface area (TPSA) is 39.2 Å². The number of nitrogens with zero attached hydrogens (tertiary/aromatic N) is 1. The number of hydrogen-bond acceptors (Lipinski definition) is 3. The first-order valence-corrected chi connectivity index (χ1v) is 5.45. The first kappa shape index (κ1) is 15.2. The van der Waals surface area contributed by atoms with Gasteiger partial charge >= 0.3 is 5.97 Å². The Morgan fingerprint density at radius 1 is 1.56 bits per heavy atom. The van der Waals surface area contributed by atoms with E-state index < -0.39 is 0 Å². The van der Waals surface area contributed by atoms with Crippen molar-refractivity contribution in [1.82, 2.24) is 4.98 Å². The van der Waals surface area contributed by atoms with Crippen molar-refractivity contribution < 1.29 is 9.53 Å². The minimum atomic E-state index is -0.185. The van der Waals surface area contributed by atoms with E-state index >= 15 is 0 Å². The summed E-state index contributed by atoms with van der Waals surface area (Å²) in [4.78, 5) is 15.2. The molecule has 0 N–H and O–H groups in total. The minimum Gasteiger partial charge on any atom is -0.466 e. The summed E-state index contributed by atoms with van der Waals surface area (Å²) in [5.41, 5.74) is 1.90. The third-order valence-electron chi connectivity index (χ3n) is 1.93. The fraction of sp³-hybridized carbons (Fsp3) is 0.455. The Morgan fingerprint density at radius 3 is 2.94 bits per heavy atom. The Hall–Kier alpha value is -0.800. The highest BCUT2D eigenvalue weighted by molar-refractivity contribution is 6.17. The highest BCUT2D eigenvalue weighted by Gasteiger charge is 2.03. The summed E-state index contributed by atoms with van der Waals surface area (Å²) in [6.45, 7) is 2.22. The molecule has 0 saturated heterocycles. The molecule has 3 nitrogen and oxygen atoms in total. The van der Waals surface area contributed by atoms with E-state index in [0.717, 1.165) is 11.3 Å². The maximum Gasteiger partial charge on any atom is 0.306 e. The van der Waals surface area contributed by atoms with Crippen LogP contribution in [0.2, 0.25) is 0 Å². The Kier molecular flexibility index (Phi) is 7.95. The van der Waals surface area contributed by atoms with Gasteiger partial charge < -0.3 is 4.74 Å². The lowest BCUT2D eigenvalue weighted by atomic mass is 10.2. The average molecular weight is 264 g/mol. The molecule has 5 heteroatoms. The van der Waals surface area contributed by atoms with Crippen LogP contribution >= 0.6 is 24.0 Å². The van der Waals surface area contributed by atoms with Crippen molar-refractivity contribution in [3.8, 4) is 0 Å². The molecule has 0 aliphatic rings. The van der Waals surface area contributed by atoms with E-state index in [2.05, 4.69) is 4.98 Å². The SMILES string of the molecule is CCOC(=O)CCc1cc(CCl)ccn1.Cl. The molecular formula is C11H15Cl2NO2. The van der Waals surface area contributed by atoms with Gasteiger partial charge in [0.25, 0.3) is 0 Å². The van der Waals surface area contributed by atoms with Gasteiger partial charge in [-0.3, -0.25) is 9.78 Å². The number of aromatic nitrogens is 1. The van der Waals surface area contributed by atoms with Gasteiger partial charge in [-0.25, -0.2) is 0 Å². The summed E-state index contributed by atoms with van der Waals surface area (Å²) in [7, 11) is 0. The lowest BCUT2D eigenvalue weighted by molar-refractivity contribution is -0.143. The number of alkyl halides is 1. The maximum absolute atomic E-state index is 11.1. The molecule has 0 aliphatic carbocycles. The van der Waals surface area contributed by atoms with E-state index in [1.807, 2.05) is 12.1 Å². The highest BCUT2D eigenvalue weighted by atomic mass is 35.5. The number of rotatable bonds is 5. The number of esters is 1. The Labute approximate surface area is 107 Å². The van der Waals surface area contributed by atoms with E-state index in [9.17, 15) is 4.79 Å². The molecule has 0 atom stereocenters. The Balaban J connectivity index is 0.00000225. The maximum atomic E-state index is 11.1. The molecule has 16 heavy (non-hydrogen) atoms. The number of carbonyl (C=O) groups is 1. The molecular weight excluding hydrogens is 249 g/mol. The third kappa shape index (κ3) is 5.33. The molecule has 1 aromatic heterocycles. The average Bonchev–Trinajstić information content (AvgIpc) is 2.27. The van der Waals surface area contributed by atoms with E-state index in [0.29, 0.717) is 25.3 Å². The van der Waals surface area contributed by atoms with Gasteiger partial charge in [0.05, 0.1) is 13.0 Å². The molecule has 0 fully saturated rings. The number of ether oxygens (including phenoxy) is 1. The second-order valence-electron chi connectivity index (χ2n) is 3.09. The monoisotopic (exact) mass is 263 g/mol. The van der Waals surface area contributed by atoms with Gasteiger partial charge in [0.1, 0.15) is 0 Å². The molecule has 0 bridgehead atoms. The van der Waals surface area contributed by atoms with Crippen LogP contribution in [0.5, 0.6) is 0 Å². The van der Waals surface area contributed by atoms with Crippen LogP contribution in [0.25, 0.3) is 0 Å². The van der Waals surface area contributed by atoms with Gasteiger partial charge in [0, 0.05) is 24.2 Å². The molecule has 1 aromatic rings. The van der Waals surface area contributed by atoms with Crippen LogP contribution in [0.4, 0.5) is 0 Å². The molecule has 90 valence electrons. The van der Waals surface area contributed by atoms with Gasteiger partial charge in [-0.2, -0.15) is 0 Å². The summed E-state index contributed by atoms with van der Waals surface area (Å²) in [5.74, 6) is 0.283. The third-order valence-corrected chi connectivity index (χ3v) is 2.23. The number of pyridine rings is 1. The molecule has 0 saturated carbocycles. The van der Waals surface area contributed by atoms with E-state index in [4.69, 9.17) is 16.3 Å². The molecule has 1 heterocycles. The van der Waals surface area contributed by atoms with Gasteiger partial charge in [0.15, 0.2) is 0 Å². The summed E-state index contributed by atoms with van der Waals surface area (Å²) in [6, 6.07) is 3.77. The fourth-order valence-electron chi connectivity index (χ4n) is 1.21. The second-order valence-corrected chi connectivity index (χ2v) is 3.36. The standard InChI is InChI=1S/C11H14ClNO2.ClH/c1-2-15-11(14)4-3-10-7-9(8-12)5-6-13-10;/h5-7H,2-4,8H2,1H3;1H. The largest absolute Gasteiger partial charge is 0.466 e. The van der Waals surface area contributed by atoms with Crippen molar-refractivity contribution in [2.24, 2.45) is 0 Å². The zero-order valence-corrected chi connectivity index (χ0v) is 10.7. The quantitative estimate of drug-likeness (QED) is 0.606. The Bertz CT molecular complexity index is 332. The molecule has 0 spiro atoms. The van der Waals surface area contributed by atoms with Gasteiger partial charge in [0.2, 0.25) is 0 Å². The highest BCUT2D eigenvalue weighted by Crippen LogP contribution is 2.07. The molecule has 0 radical (unpaired) electrons. The lowest BCUT2D eigenvalue weighted by Gasteiger charge is -2.02. The van der Waals surface area contributed by atoms with Crippen LogP contribution in [-0.4, -0.2) is 17.6 Å². The van der Waals surface area contributed by atoms with Crippen LogP contribution in [0, 0.1) is 0 Å². The molecule has 0 aliphatic heterocycles. The summed E-state index contributed by atoms with van der Waals surface area (Å²) in [5, 5.41) is 0. The predicted molar refractivity (Wildman–Crippen MR) is 66.0 cm³/mol. The zero-order chi connectivity index (χ0) is 11.1. The summed E-state index contributed by atoms with van der Waals surface area (Å²) in [6.07, 6.45) is 2.67. The normalized spacial score (nSPS) is 9.38. The van der Waals surface area contributed by atoms with Crippen molar-refractivity contribution in [1.29, 1.82) is 0 Å². The van der Waals surface area contributed by atoms with Gasteiger partial charge in [-0.15, -0.1) is 24.0 Å². The van der Waals surface area contributed by atoms with Crippen molar-refractivity contribution >= 4 is 30.0 Å². The van der Waals surface area contributed by atoms with Gasteiger partial charge in [-0.1, -0.05) is 0 Å². The van der Waals surface area contributed by atoms with Crippen LogP contribution < -0.4 is 0 Å². The smallest absolute Gasteiger partial charge is 0.306 e. The lowest BCUT2D eigenvalue weighted by Crippen LogP contribution is -2.05. The second kappa shape index (κ2) is 8.36. The summed E-state index contributed by atoms with van der Waals surface area (Å²) >= 11 is 5.69. The van der Waals surface area contributed by atoms with Crippen LogP contribution in [0.1, 0.15) is 24.6 Å². The molecule has 0 aromatic carbocycles. The molecule has 0 amide bonds. The number of aryl methyl sites for hydroxylation is 1. The van der Waals surface area contributed by atoms with Crippen LogP contribution in [-0.2, 0) is 21.8 Å². The molecule has 1 rings (SSSR count). The van der Waals surface area contributed by atoms with Gasteiger partial charge in [-0.05, 0) is 24.6 Å². The van der Waals surface area contributed by atoms with Crippen molar-refractivity contribution in [2.45, 2.75) is 25.6 Å². The minimum absolute atomic E-state index is 0. The number of halogens is 2. The van der Waals surface area contributed by atoms with Crippen LogP contribution in [0.15, 0.2) is 18.3 Å².